The molecule has 0 aromatic heterocycles. The van der Waals surface area contributed by atoms with Crippen molar-refractivity contribution < 1.29 is 14.3 Å². The van der Waals surface area contributed by atoms with Crippen molar-refractivity contribution in [2.75, 3.05) is 13.7 Å². The molecule has 1 heterocycles. The molecule has 1 saturated heterocycles. The van der Waals surface area contributed by atoms with E-state index in [9.17, 15) is 9.59 Å². The molecule has 3 rings (SSSR count). The van der Waals surface area contributed by atoms with Crippen molar-refractivity contribution in [2.45, 2.75) is 37.6 Å². The number of likely N-dealkylation sites (tertiary alicyclic amines) is 1. The summed E-state index contributed by atoms with van der Waals surface area (Å²) in [5.41, 5.74) is 0.763. The highest BCUT2D eigenvalue weighted by Crippen LogP contribution is 2.51. The van der Waals surface area contributed by atoms with Gasteiger partial charge in [0.1, 0.15) is 0 Å². The maximum absolute atomic E-state index is 12.7. The van der Waals surface area contributed by atoms with Gasteiger partial charge in [0.05, 0.1) is 7.11 Å². The fourth-order valence-electron chi connectivity index (χ4n) is 3.46. The molecule has 1 amide bonds. The highest BCUT2D eigenvalue weighted by molar-refractivity contribution is 5.95. The zero-order valence-electron chi connectivity index (χ0n) is 12.4. The van der Waals surface area contributed by atoms with Gasteiger partial charge in [-0.1, -0.05) is 18.2 Å². The Balaban J connectivity index is 1.69. The molecule has 1 aromatic rings. The van der Waals surface area contributed by atoms with E-state index < -0.39 is 0 Å². The largest absolute Gasteiger partial charge is 0.469 e. The van der Waals surface area contributed by atoms with E-state index in [0.29, 0.717) is 12.3 Å². The van der Waals surface area contributed by atoms with Crippen LogP contribution in [-0.2, 0) is 9.53 Å². The second kappa shape index (κ2) is 5.51. The summed E-state index contributed by atoms with van der Waals surface area (Å²) in [4.78, 5) is 26.2. The van der Waals surface area contributed by atoms with E-state index in [2.05, 4.69) is 0 Å². The molecule has 4 heteroatoms. The maximum atomic E-state index is 12.7. The van der Waals surface area contributed by atoms with Crippen molar-refractivity contribution in [1.82, 2.24) is 4.90 Å². The molecule has 0 bridgehead atoms. The molecule has 1 aliphatic heterocycles. The van der Waals surface area contributed by atoms with Crippen LogP contribution in [0.4, 0.5) is 0 Å². The molecule has 0 radical (unpaired) electrons. The summed E-state index contributed by atoms with van der Waals surface area (Å²) in [7, 11) is 1.43. The average molecular weight is 287 g/mol. The van der Waals surface area contributed by atoms with Crippen LogP contribution in [0.1, 0.15) is 42.5 Å². The molecule has 1 aromatic carbocycles. The zero-order chi connectivity index (χ0) is 14.9. The molecule has 1 atom stereocenters. The van der Waals surface area contributed by atoms with Gasteiger partial charge < -0.3 is 9.64 Å². The van der Waals surface area contributed by atoms with Gasteiger partial charge in [-0.05, 0) is 43.7 Å². The van der Waals surface area contributed by atoms with E-state index in [-0.39, 0.29) is 17.4 Å². The van der Waals surface area contributed by atoms with Gasteiger partial charge in [0.25, 0.3) is 5.91 Å². The van der Waals surface area contributed by atoms with Crippen LogP contribution in [0.25, 0.3) is 0 Å². The van der Waals surface area contributed by atoms with E-state index in [1.807, 2.05) is 35.2 Å². The summed E-state index contributed by atoms with van der Waals surface area (Å²) < 4.78 is 4.77. The molecule has 1 spiro atoms. The molecule has 2 fully saturated rings. The highest BCUT2D eigenvalue weighted by atomic mass is 16.5. The lowest BCUT2D eigenvalue weighted by Gasteiger charge is -2.40. The maximum Gasteiger partial charge on any atom is 0.305 e. The Morgan fingerprint density at radius 2 is 2.00 bits per heavy atom. The molecule has 1 aliphatic carbocycles. The third-order valence-electron chi connectivity index (χ3n) is 4.78. The van der Waals surface area contributed by atoms with Crippen molar-refractivity contribution in [3.05, 3.63) is 35.9 Å². The first-order chi connectivity index (χ1) is 10.1. The standard InChI is InChI=1S/C17H21NO3/c1-21-15(19)11-13-7-10-18(17(12-13)8-9-17)16(20)14-5-3-2-4-6-14/h2-6,13H,7-12H2,1H3. The van der Waals surface area contributed by atoms with Crippen LogP contribution in [0.5, 0.6) is 0 Å². The molecule has 21 heavy (non-hydrogen) atoms. The minimum atomic E-state index is -0.140. The second-order valence-corrected chi connectivity index (χ2v) is 6.19. The first-order valence-corrected chi connectivity index (χ1v) is 7.58. The Hall–Kier alpha value is -1.84. The number of amides is 1. The van der Waals surface area contributed by atoms with Crippen molar-refractivity contribution >= 4 is 11.9 Å². The lowest BCUT2D eigenvalue weighted by Crippen LogP contribution is -2.48. The number of ether oxygens (including phenoxy) is 1. The van der Waals surface area contributed by atoms with Crippen molar-refractivity contribution in [1.29, 1.82) is 0 Å². The minimum absolute atomic E-state index is 0.00383. The van der Waals surface area contributed by atoms with Crippen LogP contribution < -0.4 is 0 Å². The molecule has 112 valence electrons. The Bertz CT molecular complexity index is 536. The van der Waals surface area contributed by atoms with Crippen LogP contribution in [0.2, 0.25) is 0 Å². The Morgan fingerprint density at radius 1 is 1.29 bits per heavy atom. The Labute approximate surface area is 125 Å². The topological polar surface area (TPSA) is 46.6 Å². The molecular formula is C17H21NO3. The number of carbonyl (C=O) groups is 2. The number of carbonyl (C=O) groups excluding carboxylic acids is 2. The molecule has 1 unspecified atom stereocenters. The lowest BCUT2D eigenvalue weighted by molar-refractivity contribution is -0.142. The lowest BCUT2D eigenvalue weighted by atomic mass is 9.86. The van der Waals surface area contributed by atoms with Gasteiger partial charge in [0.2, 0.25) is 0 Å². The van der Waals surface area contributed by atoms with E-state index in [0.717, 1.165) is 37.8 Å². The van der Waals surface area contributed by atoms with Gasteiger partial charge in [0, 0.05) is 24.1 Å². The van der Waals surface area contributed by atoms with E-state index in [4.69, 9.17) is 4.74 Å². The molecule has 1 saturated carbocycles. The van der Waals surface area contributed by atoms with Gasteiger partial charge in [0.15, 0.2) is 0 Å². The smallest absolute Gasteiger partial charge is 0.305 e. The summed E-state index contributed by atoms with van der Waals surface area (Å²) in [5.74, 6) is 0.336. The van der Waals surface area contributed by atoms with Gasteiger partial charge in [-0.2, -0.15) is 0 Å². The summed E-state index contributed by atoms with van der Waals surface area (Å²) in [6, 6.07) is 9.47. The van der Waals surface area contributed by atoms with Crippen molar-refractivity contribution in [3.63, 3.8) is 0 Å². The third kappa shape index (κ3) is 2.80. The number of hydrogen-bond acceptors (Lipinski definition) is 3. The second-order valence-electron chi connectivity index (χ2n) is 6.19. The number of hydrogen-bond donors (Lipinski definition) is 0. The minimum Gasteiger partial charge on any atom is -0.469 e. The number of rotatable bonds is 3. The highest BCUT2D eigenvalue weighted by Gasteiger charge is 2.53. The fourth-order valence-corrected chi connectivity index (χ4v) is 3.46. The number of nitrogens with zero attached hydrogens (tertiary/aromatic N) is 1. The Kier molecular flexibility index (Phi) is 3.70. The Morgan fingerprint density at radius 3 is 2.62 bits per heavy atom. The van der Waals surface area contributed by atoms with Gasteiger partial charge in [-0.25, -0.2) is 0 Å². The van der Waals surface area contributed by atoms with Crippen LogP contribution in [0.15, 0.2) is 30.3 Å². The van der Waals surface area contributed by atoms with Crippen molar-refractivity contribution in [2.24, 2.45) is 5.92 Å². The predicted molar refractivity (Wildman–Crippen MR) is 78.8 cm³/mol. The molecular weight excluding hydrogens is 266 g/mol. The molecule has 2 aliphatic rings. The average Bonchev–Trinajstić information content (AvgIpc) is 3.27. The number of esters is 1. The third-order valence-corrected chi connectivity index (χ3v) is 4.78. The number of benzene rings is 1. The van der Waals surface area contributed by atoms with Gasteiger partial charge in [-0.15, -0.1) is 0 Å². The number of methoxy groups -OCH3 is 1. The SMILES string of the molecule is COC(=O)CC1CCN(C(=O)c2ccccc2)C2(CC2)C1. The van der Waals surface area contributed by atoms with Crippen LogP contribution in [0.3, 0.4) is 0 Å². The number of piperidine rings is 1. The van der Waals surface area contributed by atoms with Gasteiger partial charge in [-0.3, -0.25) is 9.59 Å². The summed E-state index contributed by atoms with van der Waals surface area (Å²) >= 11 is 0. The van der Waals surface area contributed by atoms with Crippen LogP contribution in [-0.4, -0.2) is 36.0 Å². The van der Waals surface area contributed by atoms with Crippen LogP contribution >= 0.6 is 0 Å². The van der Waals surface area contributed by atoms with E-state index in [1.54, 1.807) is 0 Å². The fraction of sp³-hybridized carbons (Fsp3) is 0.529. The van der Waals surface area contributed by atoms with Crippen molar-refractivity contribution in [3.8, 4) is 0 Å². The van der Waals surface area contributed by atoms with E-state index in [1.165, 1.54) is 7.11 Å². The molecule has 0 N–H and O–H groups in total. The summed E-state index contributed by atoms with van der Waals surface area (Å²) in [6.07, 6.45) is 4.41. The van der Waals surface area contributed by atoms with E-state index >= 15 is 0 Å². The zero-order valence-corrected chi connectivity index (χ0v) is 12.4. The van der Waals surface area contributed by atoms with Gasteiger partial charge >= 0.3 is 5.97 Å². The quantitative estimate of drug-likeness (QED) is 0.803. The first-order valence-electron chi connectivity index (χ1n) is 7.58. The normalized spacial score (nSPS) is 22.9. The summed E-state index contributed by atoms with van der Waals surface area (Å²) in [5, 5.41) is 0. The summed E-state index contributed by atoms with van der Waals surface area (Å²) in [6.45, 7) is 0.745. The monoisotopic (exact) mass is 287 g/mol. The molecule has 4 nitrogen and oxygen atoms in total. The first kappa shape index (κ1) is 14.1. The predicted octanol–water partition coefficient (Wildman–Crippen LogP) is 2.63. The van der Waals surface area contributed by atoms with Crippen LogP contribution in [0, 0.1) is 5.92 Å².